The molecule has 0 saturated carbocycles. The number of hydrazine groups is 1. The van der Waals surface area contributed by atoms with Gasteiger partial charge in [0, 0.05) is 11.1 Å². The van der Waals surface area contributed by atoms with Gasteiger partial charge in [-0.1, -0.05) is 60.1 Å². The molecule has 0 fully saturated rings. The maximum absolute atomic E-state index is 12.1. The number of carbonyl (C=O) groups excluding carboxylic acids is 2. The summed E-state index contributed by atoms with van der Waals surface area (Å²) in [5.74, 6) is -0.370. The summed E-state index contributed by atoms with van der Waals surface area (Å²) in [6, 6.07) is 20.6. The molecule has 0 aromatic heterocycles. The average Bonchev–Trinajstić information content (AvgIpc) is 2.71. The van der Waals surface area contributed by atoms with E-state index in [1.165, 1.54) is 6.08 Å². The van der Waals surface area contributed by atoms with Gasteiger partial charge >= 0.3 is 0 Å². The van der Waals surface area contributed by atoms with Crippen LogP contribution in [0.15, 0.2) is 72.8 Å². The molecule has 0 unspecified atom stereocenters. The van der Waals surface area contributed by atoms with Gasteiger partial charge in [0.15, 0.2) is 6.10 Å². The minimum absolute atomic E-state index is 0.465. The van der Waals surface area contributed by atoms with E-state index in [9.17, 15) is 9.59 Å². The van der Waals surface area contributed by atoms with E-state index in [1.807, 2.05) is 42.5 Å². The molecular weight excluding hydrogens is 376 g/mol. The molecule has 1 atom stereocenters. The maximum atomic E-state index is 12.1. The molecule has 142 valence electrons. The number of halogens is 1. The summed E-state index contributed by atoms with van der Waals surface area (Å²) in [5, 5.41) is 2.64. The normalized spacial score (nSPS) is 11.9. The first-order chi connectivity index (χ1) is 13.5. The Kier molecular flexibility index (Phi) is 6.29. The van der Waals surface area contributed by atoms with Crippen molar-refractivity contribution in [3.63, 3.8) is 0 Å². The van der Waals surface area contributed by atoms with Gasteiger partial charge in [-0.25, -0.2) is 0 Å². The highest BCUT2D eigenvalue weighted by atomic mass is 35.5. The number of fused-ring (bicyclic) bond motifs is 1. The Balaban J connectivity index is 1.52. The van der Waals surface area contributed by atoms with Crippen molar-refractivity contribution in [3.8, 4) is 5.75 Å². The van der Waals surface area contributed by atoms with Crippen LogP contribution in [0.4, 0.5) is 0 Å². The van der Waals surface area contributed by atoms with Crippen molar-refractivity contribution in [3.05, 3.63) is 83.4 Å². The zero-order valence-corrected chi connectivity index (χ0v) is 15.9. The second-order valence-electron chi connectivity index (χ2n) is 6.10. The average molecular weight is 395 g/mol. The van der Waals surface area contributed by atoms with Gasteiger partial charge in [0.1, 0.15) is 5.75 Å². The highest BCUT2D eigenvalue weighted by molar-refractivity contribution is 6.32. The van der Waals surface area contributed by atoms with E-state index in [-0.39, 0.29) is 0 Å². The fraction of sp³-hybridized carbons (Fsp3) is 0.0909. The van der Waals surface area contributed by atoms with Crippen molar-refractivity contribution >= 4 is 40.3 Å². The Morgan fingerprint density at radius 1 is 0.964 bits per heavy atom. The third-order valence-corrected chi connectivity index (χ3v) is 4.38. The van der Waals surface area contributed by atoms with Crippen molar-refractivity contribution in [2.24, 2.45) is 0 Å². The van der Waals surface area contributed by atoms with Crippen molar-refractivity contribution in [1.29, 1.82) is 0 Å². The highest BCUT2D eigenvalue weighted by Gasteiger charge is 2.15. The summed E-state index contributed by atoms with van der Waals surface area (Å²) in [6.45, 7) is 1.61. The van der Waals surface area contributed by atoms with E-state index in [0.717, 1.165) is 10.8 Å². The number of carbonyl (C=O) groups is 2. The van der Waals surface area contributed by atoms with Crippen LogP contribution in [0.5, 0.6) is 5.75 Å². The number of ether oxygens (including phenoxy) is 1. The van der Waals surface area contributed by atoms with Gasteiger partial charge in [-0.15, -0.1) is 0 Å². The zero-order chi connectivity index (χ0) is 19.9. The molecule has 0 spiro atoms. The number of benzene rings is 3. The minimum atomic E-state index is -0.783. The molecular formula is C22H19ClN2O3. The third kappa shape index (κ3) is 5.11. The van der Waals surface area contributed by atoms with Gasteiger partial charge in [0.05, 0.1) is 0 Å². The lowest BCUT2D eigenvalue weighted by molar-refractivity contribution is -0.131. The second-order valence-corrected chi connectivity index (χ2v) is 6.51. The van der Waals surface area contributed by atoms with Crippen molar-refractivity contribution in [1.82, 2.24) is 10.9 Å². The van der Waals surface area contributed by atoms with Crippen molar-refractivity contribution in [2.75, 3.05) is 0 Å². The second kappa shape index (κ2) is 9.06. The van der Waals surface area contributed by atoms with E-state index in [4.69, 9.17) is 16.3 Å². The molecule has 0 aliphatic rings. The molecule has 5 nitrogen and oxygen atoms in total. The molecule has 6 heteroatoms. The lowest BCUT2D eigenvalue weighted by Gasteiger charge is -2.15. The predicted octanol–water partition coefficient (Wildman–Crippen LogP) is 4.12. The van der Waals surface area contributed by atoms with E-state index >= 15 is 0 Å². The van der Waals surface area contributed by atoms with Crippen LogP contribution < -0.4 is 15.6 Å². The molecule has 0 saturated heterocycles. The number of nitrogens with one attached hydrogen (secondary N) is 2. The third-order valence-electron chi connectivity index (χ3n) is 4.03. The smallest absolute Gasteiger partial charge is 0.279 e. The lowest BCUT2D eigenvalue weighted by Crippen LogP contribution is -2.46. The summed E-state index contributed by atoms with van der Waals surface area (Å²) in [4.78, 5) is 24.0. The Bertz CT molecular complexity index is 1030. The van der Waals surface area contributed by atoms with Crippen molar-refractivity contribution in [2.45, 2.75) is 13.0 Å². The van der Waals surface area contributed by atoms with Crippen LogP contribution in [0.3, 0.4) is 0 Å². The molecule has 2 N–H and O–H groups in total. The molecule has 3 rings (SSSR count). The summed E-state index contributed by atoms with van der Waals surface area (Å²) in [6.07, 6.45) is 2.07. The first kappa shape index (κ1) is 19.5. The van der Waals surface area contributed by atoms with Gasteiger partial charge in [-0.05, 0) is 47.5 Å². The molecule has 0 aliphatic heterocycles. The fourth-order valence-corrected chi connectivity index (χ4v) is 2.74. The molecule has 2 amide bonds. The first-order valence-electron chi connectivity index (χ1n) is 8.71. The number of hydrogen-bond acceptors (Lipinski definition) is 3. The lowest BCUT2D eigenvalue weighted by atomic mass is 10.1. The van der Waals surface area contributed by atoms with Crippen LogP contribution in [0.1, 0.15) is 12.5 Å². The van der Waals surface area contributed by atoms with Gasteiger partial charge in [0.25, 0.3) is 11.8 Å². The number of amides is 2. The summed E-state index contributed by atoms with van der Waals surface area (Å²) >= 11 is 6.02. The molecule has 3 aromatic carbocycles. The van der Waals surface area contributed by atoms with Crippen molar-refractivity contribution < 1.29 is 14.3 Å². The predicted molar refractivity (Wildman–Crippen MR) is 111 cm³/mol. The summed E-state index contributed by atoms with van der Waals surface area (Å²) in [5.41, 5.74) is 5.37. The van der Waals surface area contributed by atoms with Gasteiger partial charge in [-0.3, -0.25) is 20.4 Å². The SMILES string of the molecule is C[C@@H](Oc1ccc2ccccc2c1)C(=O)NNC(=O)/C=C/c1ccccc1Cl. The Hall–Kier alpha value is -3.31. The van der Waals surface area contributed by atoms with Gasteiger partial charge < -0.3 is 4.74 Å². The largest absolute Gasteiger partial charge is 0.481 e. The first-order valence-corrected chi connectivity index (χ1v) is 9.08. The van der Waals surface area contributed by atoms with E-state index in [1.54, 1.807) is 37.3 Å². The van der Waals surface area contributed by atoms with Crippen LogP contribution in [-0.4, -0.2) is 17.9 Å². The number of rotatable bonds is 5. The van der Waals surface area contributed by atoms with Crippen LogP contribution in [-0.2, 0) is 9.59 Å². The quantitative estimate of drug-likeness (QED) is 0.505. The topological polar surface area (TPSA) is 67.4 Å². The number of hydrogen-bond donors (Lipinski definition) is 2. The van der Waals surface area contributed by atoms with Crippen LogP contribution in [0.25, 0.3) is 16.8 Å². The zero-order valence-electron chi connectivity index (χ0n) is 15.2. The Morgan fingerprint density at radius 2 is 1.68 bits per heavy atom. The summed E-state index contributed by atoms with van der Waals surface area (Å²) in [7, 11) is 0. The standard InChI is InChI=1S/C22H19ClN2O3/c1-15(28-19-12-10-16-6-2-3-8-18(16)14-19)22(27)25-24-21(26)13-11-17-7-4-5-9-20(17)23/h2-15H,1H3,(H,24,26)(H,25,27)/b13-11+/t15-/m1/s1. The van der Waals surface area contributed by atoms with E-state index in [2.05, 4.69) is 10.9 Å². The summed E-state index contributed by atoms with van der Waals surface area (Å²) < 4.78 is 5.66. The molecule has 0 aliphatic carbocycles. The van der Waals surface area contributed by atoms with Gasteiger partial charge in [0.2, 0.25) is 0 Å². The van der Waals surface area contributed by atoms with Crippen LogP contribution in [0.2, 0.25) is 5.02 Å². The Labute approximate surface area is 167 Å². The van der Waals surface area contributed by atoms with Crippen LogP contribution >= 0.6 is 11.6 Å². The fourth-order valence-electron chi connectivity index (χ4n) is 2.54. The van der Waals surface area contributed by atoms with Crippen LogP contribution in [0, 0.1) is 0 Å². The monoisotopic (exact) mass is 394 g/mol. The molecule has 3 aromatic rings. The maximum Gasteiger partial charge on any atom is 0.279 e. The highest BCUT2D eigenvalue weighted by Crippen LogP contribution is 2.21. The van der Waals surface area contributed by atoms with E-state index in [0.29, 0.717) is 16.3 Å². The molecule has 0 radical (unpaired) electrons. The Morgan fingerprint density at radius 3 is 2.46 bits per heavy atom. The van der Waals surface area contributed by atoms with E-state index < -0.39 is 17.9 Å². The molecule has 0 heterocycles. The molecule has 0 bridgehead atoms. The minimum Gasteiger partial charge on any atom is -0.481 e. The van der Waals surface area contributed by atoms with Gasteiger partial charge in [-0.2, -0.15) is 0 Å². The molecule has 28 heavy (non-hydrogen) atoms.